The maximum absolute atomic E-state index is 11.4. The number of nitrogens with two attached hydrogens (primary N) is 1. The summed E-state index contributed by atoms with van der Waals surface area (Å²) in [5.41, 5.74) is 6.54. The van der Waals surface area contributed by atoms with Crippen LogP contribution >= 0.6 is 0 Å². The Balaban J connectivity index is 1.40. The van der Waals surface area contributed by atoms with Crippen molar-refractivity contribution >= 4 is 5.91 Å². The fourth-order valence-corrected chi connectivity index (χ4v) is 4.50. The largest absolute Gasteiger partial charge is 0.497 e. The number of piperidine rings is 1. The number of hydrogen-bond donors (Lipinski definition) is 3. The molecule has 0 aromatic heterocycles. The Morgan fingerprint density at radius 2 is 2.04 bits per heavy atom. The van der Waals surface area contributed by atoms with Gasteiger partial charge in [-0.05, 0) is 43.6 Å². The molecule has 8 heteroatoms. The number of benzene rings is 1. The van der Waals surface area contributed by atoms with Gasteiger partial charge in [-0.2, -0.15) is 0 Å². The zero-order valence-corrected chi connectivity index (χ0v) is 16.1. The van der Waals surface area contributed by atoms with Gasteiger partial charge < -0.3 is 30.4 Å². The lowest BCUT2D eigenvalue weighted by molar-refractivity contribution is -0.186. The number of carbonyl (C=O) groups excluding carboxylic acids is 1. The molecule has 2 bridgehead atoms. The molecule has 3 aliphatic heterocycles. The van der Waals surface area contributed by atoms with Gasteiger partial charge in [0.25, 0.3) is 0 Å². The van der Waals surface area contributed by atoms with Crippen LogP contribution in [-0.4, -0.2) is 73.3 Å². The van der Waals surface area contributed by atoms with Gasteiger partial charge in [0, 0.05) is 12.5 Å². The maximum Gasteiger partial charge on any atom is 0.220 e. The fraction of sp³-hybridized carbons (Fsp3) is 0.650. The van der Waals surface area contributed by atoms with Crippen molar-refractivity contribution in [1.29, 1.82) is 0 Å². The number of ether oxygens (including phenoxy) is 3. The highest BCUT2D eigenvalue weighted by molar-refractivity contribution is 5.76. The SMILES string of the molecule is COc1ccc(CN[C@H]2[C@H](O)[C@@H](N3CCC(C(N)=O)CC3)[C@@H]3OC[C@H]2O3)cc1. The summed E-state index contributed by atoms with van der Waals surface area (Å²) in [6, 6.07) is 7.38. The van der Waals surface area contributed by atoms with E-state index in [1.54, 1.807) is 7.11 Å². The number of fused-ring (bicyclic) bond motifs is 2. The Kier molecular flexibility index (Phi) is 5.84. The van der Waals surface area contributed by atoms with Gasteiger partial charge in [-0.25, -0.2) is 0 Å². The van der Waals surface area contributed by atoms with Crippen molar-refractivity contribution < 1.29 is 24.1 Å². The van der Waals surface area contributed by atoms with Crippen LogP contribution in [0.15, 0.2) is 24.3 Å². The van der Waals surface area contributed by atoms with Crippen LogP contribution in [0.5, 0.6) is 5.75 Å². The van der Waals surface area contributed by atoms with Gasteiger partial charge in [-0.3, -0.25) is 9.69 Å². The summed E-state index contributed by atoms with van der Waals surface area (Å²) in [6.45, 7) is 2.49. The smallest absolute Gasteiger partial charge is 0.220 e. The van der Waals surface area contributed by atoms with Crippen molar-refractivity contribution in [3.63, 3.8) is 0 Å². The number of aliphatic hydroxyl groups excluding tert-OH is 1. The number of likely N-dealkylation sites (tertiary alicyclic amines) is 1. The summed E-state index contributed by atoms with van der Waals surface area (Å²) in [6.07, 6.45) is 0.202. The summed E-state index contributed by atoms with van der Waals surface area (Å²) in [5, 5.41) is 14.6. The van der Waals surface area contributed by atoms with Crippen LogP contribution in [0.4, 0.5) is 0 Å². The Morgan fingerprint density at radius 1 is 1.32 bits per heavy atom. The zero-order valence-electron chi connectivity index (χ0n) is 16.1. The van der Waals surface area contributed by atoms with E-state index >= 15 is 0 Å². The van der Waals surface area contributed by atoms with E-state index in [2.05, 4.69) is 10.2 Å². The van der Waals surface area contributed by atoms with Crippen LogP contribution in [-0.2, 0) is 20.8 Å². The Labute approximate surface area is 164 Å². The molecule has 4 N–H and O–H groups in total. The highest BCUT2D eigenvalue weighted by Gasteiger charge is 2.52. The molecular formula is C20H29N3O5. The fourth-order valence-electron chi connectivity index (χ4n) is 4.50. The summed E-state index contributed by atoms with van der Waals surface area (Å²) in [5.74, 6) is 0.492. The standard InChI is InChI=1S/C20H29N3O5/c1-26-14-4-2-12(3-5-14)10-22-16-15-11-27-20(28-15)17(18(16)24)23-8-6-13(7-9-23)19(21)25/h2-5,13,15-18,20,22,24H,6-11H2,1H3,(H2,21,25)/t15-,16-,17-,18+,20-/m1/s1. The summed E-state index contributed by atoms with van der Waals surface area (Å²) in [7, 11) is 1.64. The molecule has 0 aliphatic carbocycles. The second-order valence-corrected chi connectivity index (χ2v) is 7.82. The molecule has 0 spiro atoms. The third-order valence-electron chi connectivity index (χ3n) is 6.19. The van der Waals surface area contributed by atoms with Crippen LogP contribution in [0.25, 0.3) is 0 Å². The molecule has 3 fully saturated rings. The van der Waals surface area contributed by atoms with Gasteiger partial charge in [0.1, 0.15) is 11.9 Å². The molecule has 28 heavy (non-hydrogen) atoms. The van der Waals surface area contributed by atoms with E-state index in [0.717, 1.165) is 11.3 Å². The number of hydrogen-bond acceptors (Lipinski definition) is 7. The van der Waals surface area contributed by atoms with Crippen LogP contribution in [0.2, 0.25) is 0 Å². The molecule has 1 aromatic rings. The predicted molar refractivity (Wildman–Crippen MR) is 102 cm³/mol. The third kappa shape index (κ3) is 3.88. The lowest BCUT2D eigenvalue weighted by Crippen LogP contribution is -2.65. The zero-order chi connectivity index (χ0) is 19.7. The molecule has 0 unspecified atom stereocenters. The van der Waals surface area contributed by atoms with Gasteiger partial charge in [-0.15, -0.1) is 0 Å². The molecule has 0 radical (unpaired) electrons. The van der Waals surface area contributed by atoms with Gasteiger partial charge in [-0.1, -0.05) is 12.1 Å². The minimum absolute atomic E-state index is 0.0841. The van der Waals surface area contributed by atoms with Crippen molar-refractivity contribution in [2.45, 2.75) is 50.0 Å². The molecule has 1 aromatic carbocycles. The van der Waals surface area contributed by atoms with Crippen LogP contribution in [0.1, 0.15) is 18.4 Å². The van der Waals surface area contributed by atoms with Crippen LogP contribution in [0, 0.1) is 5.92 Å². The van der Waals surface area contributed by atoms with E-state index in [9.17, 15) is 9.90 Å². The predicted octanol–water partition coefficient (Wildman–Crippen LogP) is -0.165. The highest BCUT2D eigenvalue weighted by atomic mass is 16.7. The molecule has 3 aliphatic rings. The van der Waals surface area contributed by atoms with Crippen molar-refractivity contribution in [1.82, 2.24) is 10.2 Å². The van der Waals surface area contributed by atoms with Gasteiger partial charge >= 0.3 is 0 Å². The first-order chi connectivity index (χ1) is 13.6. The Morgan fingerprint density at radius 3 is 2.68 bits per heavy atom. The average Bonchev–Trinajstić information content (AvgIpc) is 3.13. The van der Waals surface area contributed by atoms with E-state index in [1.807, 2.05) is 24.3 Å². The van der Waals surface area contributed by atoms with E-state index in [0.29, 0.717) is 39.1 Å². The molecule has 8 nitrogen and oxygen atoms in total. The van der Waals surface area contributed by atoms with Crippen molar-refractivity contribution in [3.05, 3.63) is 29.8 Å². The summed E-state index contributed by atoms with van der Waals surface area (Å²) >= 11 is 0. The summed E-state index contributed by atoms with van der Waals surface area (Å²) in [4.78, 5) is 13.6. The van der Waals surface area contributed by atoms with Crippen molar-refractivity contribution in [2.24, 2.45) is 11.7 Å². The Bertz CT molecular complexity index is 677. The van der Waals surface area contributed by atoms with E-state index < -0.39 is 12.4 Å². The minimum atomic E-state index is -0.616. The number of amides is 1. The number of nitrogens with zero attached hydrogens (tertiary/aromatic N) is 1. The van der Waals surface area contributed by atoms with Crippen molar-refractivity contribution in [2.75, 3.05) is 26.8 Å². The second-order valence-electron chi connectivity index (χ2n) is 7.82. The molecule has 5 atom stereocenters. The maximum atomic E-state index is 11.4. The topological polar surface area (TPSA) is 106 Å². The highest BCUT2D eigenvalue weighted by Crippen LogP contribution is 2.33. The van der Waals surface area contributed by atoms with E-state index in [4.69, 9.17) is 19.9 Å². The first-order valence-electron chi connectivity index (χ1n) is 9.91. The number of rotatable bonds is 6. The van der Waals surface area contributed by atoms with Gasteiger partial charge in [0.2, 0.25) is 5.91 Å². The minimum Gasteiger partial charge on any atom is -0.497 e. The average molecular weight is 391 g/mol. The molecule has 4 rings (SSSR count). The molecular weight excluding hydrogens is 362 g/mol. The number of carbonyl (C=O) groups is 1. The number of nitrogens with one attached hydrogen (secondary N) is 1. The molecule has 3 saturated heterocycles. The van der Waals surface area contributed by atoms with Gasteiger partial charge in [0.15, 0.2) is 6.29 Å². The third-order valence-corrected chi connectivity index (χ3v) is 6.19. The monoisotopic (exact) mass is 391 g/mol. The first kappa shape index (κ1) is 19.6. The van der Waals surface area contributed by atoms with Crippen molar-refractivity contribution in [3.8, 4) is 5.75 Å². The molecule has 1 amide bonds. The van der Waals surface area contributed by atoms with E-state index in [1.165, 1.54) is 0 Å². The van der Waals surface area contributed by atoms with Crippen LogP contribution < -0.4 is 15.8 Å². The lowest BCUT2D eigenvalue weighted by Gasteiger charge is -2.46. The Hall–Kier alpha value is -1.71. The van der Waals surface area contributed by atoms with Crippen LogP contribution in [0.3, 0.4) is 0 Å². The molecule has 154 valence electrons. The number of aliphatic hydroxyl groups is 1. The second kappa shape index (κ2) is 8.34. The van der Waals surface area contributed by atoms with E-state index in [-0.39, 0.29) is 30.0 Å². The molecule has 3 heterocycles. The number of primary amides is 1. The normalized spacial score (nSPS) is 33.7. The lowest BCUT2D eigenvalue weighted by atomic mass is 9.90. The molecule has 0 saturated carbocycles. The van der Waals surface area contributed by atoms with Gasteiger partial charge in [0.05, 0.1) is 31.9 Å². The quantitative estimate of drug-likeness (QED) is 0.618. The first-order valence-corrected chi connectivity index (χ1v) is 9.91. The summed E-state index contributed by atoms with van der Waals surface area (Å²) < 4.78 is 17.1. The number of methoxy groups -OCH3 is 1.